The summed E-state index contributed by atoms with van der Waals surface area (Å²) in [7, 11) is 0. The van der Waals surface area contributed by atoms with Gasteiger partial charge in [0.05, 0.1) is 10.7 Å². The van der Waals surface area contributed by atoms with Crippen LogP contribution in [0.4, 0.5) is 10.5 Å². The number of anilines is 1. The van der Waals surface area contributed by atoms with Crippen molar-refractivity contribution in [3.8, 4) is 11.5 Å². The van der Waals surface area contributed by atoms with Crippen LogP contribution >= 0.6 is 58.2 Å². The van der Waals surface area contributed by atoms with E-state index in [0.717, 1.165) is 11.8 Å². The molecule has 6 nitrogen and oxygen atoms in total. The third-order valence-electron chi connectivity index (χ3n) is 3.64. The molecule has 3 aromatic rings. The van der Waals surface area contributed by atoms with Crippen molar-refractivity contribution in [1.82, 2.24) is 0 Å². The zero-order valence-corrected chi connectivity index (χ0v) is 19.3. The number of benzene rings is 2. The fourth-order valence-electron chi connectivity index (χ4n) is 2.29. The number of amides is 2. The van der Waals surface area contributed by atoms with Crippen molar-refractivity contribution in [2.45, 2.75) is 9.86 Å². The van der Waals surface area contributed by atoms with Crippen molar-refractivity contribution in [2.75, 3.05) is 5.32 Å². The number of nitrogens with one attached hydrogen (secondary N) is 1. The maximum atomic E-state index is 12.5. The highest BCUT2D eigenvalue weighted by Gasteiger charge is 2.19. The summed E-state index contributed by atoms with van der Waals surface area (Å²) in [6.45, 7) is 0. The summed E-state index contributed by atoms with van der Waals surface area (Å²) in [6.07, 6.45) is 1.31. The van der Waals surface area contributed by atoms with Crippen LogP contribution in [0.1, 0.15) is 0 Å². The number of alkyl halides is 2. The molecule has 0 bridgehead atoms. The number of nitrogens with zero attached hydrogens (tertiary/aromatic N) is 2. The predicted octanol–water partition coefficient (Wildman–Crippen LogP) is 6.95. The van der Waals surface area contributed by atoms with Gasteiger partial charge in [-0.25, -0.2) is 4.79 Å². The van der Waals surface area contributed by atoms with Gasteiger partial charge in [-0.05, 0) is 48.2 Å². The summed E-state index contributed by atoms with van der Waals surface area (Å²) >= 11 is 24.8. The van der Waals surface area contributed by atoms with Gasteiger partial charge in [0.25, 0.3) is 5.03 Å². The van der Waals surface area contributed by atoms with E-state index in [9.17, 15) is 10.0 Å². The second-order valence-corrected chi connectivity index (χ2v) is 8.80. The quantitative estimate of drug-likeness (QED) is 0.0993. The van der Waals surface area contributed by atoms with Crippen molar-refractivity contribution >= 4 is 74.9 Å². The second-order valence-electron chi connectivity index (χ2n) is 5.82. The minimum Gasteiger partial charge on any atom is -0.618 e. The average molecular weight is 517 g/mol. The summed E-state index contributed by atoms with van der Waals surface area (Å²) in [5.41, 5.74) is 0.339. The van der Waals surface area contributed by atoms with Crippen molar-refractivity contribution in [3.63, 3.8) is 0 Å². The van der Waals surface area contributed by atoms with Gasteiger partial charge in [0.1, 0.15) is 10.8 Å². The Hall–Kier alpha value is -2.16. The molecule has 0 radical (unpaired) electrons. The highest BCUT2D eigenvalue weighted by Crippen LogP contribution is 2.35. The Morgan fingerprint density at radius 3 is 2.52 bits per heavy atom. The molecule has 0 aliphatic carbocycles. The van der Waals surface area contributed by atoms with Crippen molar-refractivity contribution in [1.29, 1.82) is 0 Å². The maximum absolute atomic E-state index is 12.5. The van der Waals surface area contributed by atoms with Crippen molar-refractivity contribution < 1.29 is 14.3 Å². The van der Waals surface area contributed by atoms with Gasteiger partial charge in [-0.2, -0.15) is 9.72 Å². The van der Waals surface area contributed by atoms with Gasteiger partial charge >= 0.3 is 6.03 Å². The fraction of sp³-hybridized carbons (Fsp3) is 0.0500. The third kappa shape index (κ3) is 6.66. The molecule has 31 heavy (non-hydrogen) atoms. The minimum atomic E-state index is -1.12. The first-order chi connectivity index (χ1) is 14.8. The molecule has 0 spiro atoms. The molecule has 0 aliphatic rings. The standard InChI is InChI=1S/C20H13Cl4N3O3S/c21-12-8-9-15(13(22)11-12)30-16-6-2-1-5-14(16)25-20(28)26-19(18(23)24)31-17-7-3-4-10-27(17)29/h1-11,18H,(H,25,28). The Kier molecular flexibility index (Phi) is 8.28. The number of thioether (sulfide) groups is 1. The topological polar surface area (TPSA) is 77.6 Å². The number of hydrogen-bond acceptors (Lipinski definition) is 4. The molecule has 1 N–H and O–H groups in total. The molecule has 2 amide bonds. The number of carbonyl (C=O) groups is 1. The SMILES string of the molecule is O=C(N=C(Sc1cccc[n+]1[O-])C(Cl)Cl)Nc1ccccc1Oc1ccc(Cl)cc1Cl. The Morgan fingerprint density at radius 2 is 1.81 bits per heavy atom. The fourth-order valence-corrected chi connectivity index (χ4v) is 3.83. The van der Waals surface area contributed by atoms with Gasteiger partial charge in [-0.3, -0.25) is 0 Å². The molecule has 0 saturated carbocycles. The Labute approximate surface area is 202 Å². The van der Waals surface area contributed by atoms with Crippen molar-refractivity contribution in [3.05, 3.63) is 82.1 Å². The number of halogens is 4. The van der Waals surface area contributed by atoms with E-state index in [4.69, 9.17) is 51.1 Å². The lowest BCUT2D eigenvalue weighted by atomic mass is 10.3. The van der Waals surface area contributed by atoms with E-state index in [2.05, 4.69) is 10.3 Å². The number of hydrogen-bond donors (Lipinski definition) is 1. The minimum absolute atomic E-state index is 0.0378. The van der Waals surface area contributed by atoms with Crippen LogP contribution in [0.2, 0.25) is 10.0 Å². The maximum Gasteiger partial charge on any atom is 0.346 e. The first-order valence-corrected chi connectivity index (χ1v) is 11.0. The van der Waals surface area contributed by atoms with E-state index < -0.39 is 10.9 Å². The van der Waals surface area contributed by atoms with Gasteiger partial charge in [-0.15, -0.1) is 0 Å². The van der Waals surface area contributed by atoms with E-state index in [1.165, 1.54) is 6.20 Å². The highest BCUT2D eigenvalue weighted by atomic mass is 35.5. The number of carbonyl (C=O) groups excluding carboxylic acids is 1. The van der Waals surface area contributed by atoms with E-state index >= 15 is 0 Å². The summed E-state index contributed by atoms with van der Waals surface area (Å²) < 4.78 is 6.42. The van der Waals surface area contributed by atoms with Crippen LogP contribution in [0.3, 0.4) is 0 Å². The molecule has 3 rings (SSSR count). The van der Waals surface area contributed by atoms with Crippen molar-refractivity contribution in [2.24, 2.45) is 4.99 Å². The first-order valence-electron chi connectivity index (χ1n) is 8.59. The van der Waals surface area contributed by atoms with Gasteiger partial charge in [0.2, 0.25) is 0 Å². The second kappa shape index (κ2) is 10.9. The number of urea groups is 1. The summed E-state index contributed by atoms with van der Waals surface area (Å²) in [6, 6.07) is 15.5. The predicted molar refractivity (Wildman–Crippen MR) is 126 cm³/mol. The molecule has 0 fully saturated rings. The lowest BCUT2D eigenvalue weighted by Crippen LogP contribution is -2.28. The molecular formula is C20H13Cl4N3O3S. The molecule has 1 heterocycles. The van der Waals surface area contributed by atoms with Gasteiger partial charge in [0, 0.05) is 17.2 Å². The molecular weight excluding hydrogens is 504 g/mol. The Balaban J connectivity index is 1.80. The normalized spacial score (nSPS) is 11.5. The van der Waals surface area contributed by atoms with Crippen LogP contribution in [0.5, 0.6) is 11.5 Å². The number of ether oxygens (including phenoxy) is 1. The lowest BCUT2D eigenvalue weighted by Gasteiger charge is -2.13. The molecule has 0 unspecified atom stereocenters. The zero-order chi connectivity index (χ0) is 22.4. The molecule has 2 aromatic carbocycles. The Morgan fingerprint density at radius 1 is 1.06 bits per heavy atom. The zero-order valence-electron chi connectivity index (χ0n) is 15.5. The molecule has 1 aromatic heterocycles. The molecule has 0 saturated heterocycles. The number of pyridine rings is 1. The number of rotatable bonds is 5. The van der Waals surface area contributed by atoms with E-state index in [1.807, 2.05) is 0 Å². The summed E-state index contributed by atoms with van der Waals surface area (Å²) in [5.74, 6) is 0.691. The van der Waals surface area contributed by atoms with E-state index in [0.29, 0.717) is 32.0 Å². The van der Waals surface area contributed by atoms with Crippen LogP contribution < -0.4 is 14.8 Å². The van der Waals surface area contributed by atoms with Crippen LogP contribution in [0.25, 0.3) is 0 Å². The third-order valence-corrected chi connectivity index (χ3v) is 5.90. The summed E-state index contributed by atoms with van der Waals surface area (Å²) in [4.78, 5) is 15.3. The molecule has 11 heteroatoms. The Bertz CT molecular complexity index is 1130. The van der Waals surface area contributed by atoms with Gasteiger partial charge < -0.3 is 15.3 Å². The molecule has 0 aliphatic heterocycles. The summed E-state index contributed by atoms with van der Waals surface area (Å²) in [5, 5.41) is 15.5. The van der Waals surface area contributed by atoms with E-state index in [1.54, 1.807) is 60.7 Å². The smallest absolute Gasteiger partial charge is 0.346 e. The average Bonchev–Trinajstić information content (AvgIpc) is 2.72. The van der Waals surface area contributed by atoms with E-state index in [-0.39, 0.29) is 10.1 Å². The number of aliphatic imine (C=N–C) groups is 1. The van der Waals surface area contributed by atoms with Gasteiger partial charge in [-0.1, -0.05) is 58.5 Å². The first kappa shape index (κ1) is 23.5. The van der Waals surface area contributed by atoms with Crippen LogP contribution in [-0.2, 0) is 0 Å². The van der Waals surface area contributed by atoms with Crippen LogP contribution in [0.15, 0.2) is 76.9 Å². The number of aromatic nitrogens is 1. The van der Waals surface area contributed by atoms with Gasteiger partial charge in [0.15, 0.2) is 16.8 Å². The molecule has 160 valence electrons. The lowest BCUT2D eigenvalue weighted by molar-refractivity contribution is -0.645. The highest BCUT2D eigenvalue weighted by molar-refractivity contribution is 8.14. The van der Waals surface area contributed by atoms with Crippen LogP contribution in [-0.4, -0.2) is 15.9 Å². The monoisotopic (exact) mass is 515 g/mol. The molecule has 0 atom stereocenters. The number of para-hydroxylation sites is 2. The largest absolute Gasteiger partial charge is 0.618 e. The van der Waals surface area contributed by atoms with Crippen LogP contribution in [0, 0.1) is 5.21 Å².